The quantitative estimate of drug-likeness (QED) is 0.847. The highest BCUT2D eigenvalue weighted by atomic mass is 16.2. The summed E-state index contributed by atoms with van der Waals surface area (Å²) in [5.41, 5.74) is 1.01. The normalized spacial score (nSPS) is 17.2. The number of nitrogens with zero attached hydrogens (tertiary/aromatic N) is 5. The molecule has 0 saturated carbocycles. The highest BCUT2D eigenvalue weighted by molar-refractivity contribution is 5.75. The lowest BCUT2D eigenvalue weighted by molar-refractivity contribution is -0.122. The summed E-state index contributed by atoms with van der Waals surface area (Å²) in [6.07, 6.45) is 5.57. The molecule has 0 spiro atoms. The van der Waals surface area contributed by atoms with Gasteiger partial charge in [0.15, 0.2) is 0 Å². The van der Waals surface area contributed by atoms with E-state index in [1.54, 1.807) is 31.5 Å². The van der Waals surface area contributed by atoms with Crippen molar-refractivity contribution in [3.63, 3.8) is 0 Å². The number of aromatic nitrogens is 4. The molecular formula is C18H24N6O2. The Bertz CT molecular complexity index is 820. The van der Waals surface area contributed by atoms with Gasteiger partial charge in [-0.15, -0.1) is 0 Å². The fourth-order valence-corrected chi connectivity index (χ4v) is 3.29. The van der Waals surface area contributed by atoms with Gasteiger partial charge in [0.1, 0.15) is 6.54 Å². The lowest BCUT2D eigenvalue weighted by Crippen LogP contribution is -2.43. The van der Waals surface area contributed by atoms with Gasteiger partial charge >= 0.3 is 5.69 Å². The second-order valence-corrected chi connectivity index (χ2v) is 6.71. The predicted octanol–water partition coefficient (Wildman–Crippen LogP) is 0.683. The summed E-state index contributed by atoms with van der Waals surface area (Å²) in [6, 6.07) is 3.60. The molecule has 1 fully saturated rings. The van der Waals surface area contributed by atoms with Gasteiger partial charge in [-0.3, -0.25) is 9.36 Å². The maximum absolute atomic E-state index is 12.3. The number of nitrogens with one attached hydrogen (secondary N) is 1. The molecule has 0 unspecified atom stereocenters. The van der Waals surface area contributed by atoms with Gasteiger partial charge in [0.25, 0.3) is 0 Å². The molecule has 1 atom stereocenters. The van der Waals surface area contributed by atoms with Crippen LogP contribution in [0.15, 0.2) is 29.3 Å². The van der Waals surface area contributed by atoms with Crippen LogP contribution in [-0.2, 0) is 11.3 Å². The maximum Gasteiger partial charge on any atom is 0.348 e. The van der Waals surface area contributed by atoms with Crippen LogP contribution >= 0.6 is 0 Å². The fraction of sp³-hybridized carbons (Fsp3) is 0.500. The van der Waals surface area contributed by atoms with E-state index >= 15 is 0 Å². The molecule has 3 rings (SSSR count). The number of carbonyl (C=O) groups excluding carboxylic acids is 1. The molecule has 0 bridgehead atoms. The Balaban J connectivity index is 1.54. The van der Waals surface area contributed by atoms with E-state index in [1.165, 1.54) is 4.57 Å². The lowest BCUT2D eigenvalue weighted by Gasteiger charge is -2.32. The zero-order chi connectivity index (χ0) is 18.5. The predicted molar refractivity (Wildman–Crippen MR) is 97.9 cm³/mol. The van der Waals surface area contributed by atoms with Gasteiger partial charge < -0.3 is 10.2 Å². The molecule has 0 aliphatic carbocycles. The Morgan fingerprint density at radius 2 is 2.08 bits per heavy atom. The first-order valence-electron chi connectivity index (χ1n) is 8.86. The van der Waals surface area contributed by atoms with Crippen LogP contribution in [0.5, 0.6) is 0 Å². The summed E-state index contributed by atoms with van der Waals surface area (Å²) in [5.74, 6) is 0.899. The first-order valence-corrected chi connectivity index (χ1v) is 8.86. The van der Waals surface area contributed by atoms with Crippen LogP contribution in [0, 0.1) is 19.8 Å². The molecule has 3 heterocycles. The van der Waals surface area contributed by atoms with Crippen LogP contribution in [0.1, 0.15) is 24.2 Å². The molecule has 1 aliphatic heterocycles. The highest BCUT2D eigenvalue weighted by Gasteiger charge is 2.22. The van der Waals surface area contributed by atoms with E-state index in [-0.39, 0.29) is 18.1 Å². The average Bonchev–Trinajstić information content (AvgIpc) is 2.64. The Morgan fingerprint density at radius 1 is 1.31 bits per heavy atom. The van der Waals surface area contributed by atoms with Crippen LogP contribution in [0.4, 0.5) is 5.95 Å². The summed E-state index contributed by atoms with van der Waals surface area (Å²) in [7, 11) is 0. The largest absolute Gasteiger partial charge is 0.354 e. The summed E-state index contributed by atoms with van der Waals surface area (Å²) in [4.78, 5) is 38.8. The molecule has 8 heteroatoms. The number of hydrogen-bond acceptors (Lipinski definition) is 6. The molecule has 26 heavy (non-hydrogen) atoms. The topological polar surface area (TPSA) is 93.0 Å². The molecule has 1 aliphatic rings. The van der Waals surface area contributed by atoms with Crippen LogP contribution in [0.3, 0.4) is 0 Å². The highest BCUT2D eigenvalue weighted by Crippen LogP contribution is 2.19. The third-order valence-electron chi connectivity index (χ3n) is 4.59. The third-order valence-corrected chi connectivity index (χ3v) is 4.59. The Kier molecular flexibility index (Phi) is 5.60. The van der Waals surface area contributed by atoms with Crippen molar-refractivity contribution < 1.29 is 4.79 Å². The summed E-state index contributed by atoms with van der Waals surface area (Å²) in [5, 5.41) is 2.95. The van der Waals surface area contributed by atoms with Gasteiger partial charge in [-0.25, -0.2) is 14.8 Å². The number of piperidine rings is 1. The summed E-state index contributed by atoms with van der Waals surface area (Å²) in [6.45, 7) is 5.89. The van der Waals surface area contributed by atoms with Crippen molar-refractivity contribution in [2.45, 2.75) is 33.2 Å². The number of carbonyl (C=O) groups is 1. The Hall–Kier alpha value is -2.77. The van der Waals surface area contributed by atoms with E-state index in [4.69, 9.17) is 0 Å². The zero-order valence-corrected chi connectivity index (χ0v) is 15.2. The van der Waals surface area contributed by atoms with Crippen LogP contribution < -0.4 is 15.9 Å². The zero-order valence-electron chi connectivity index (χ0n) is 15.2. The van der Waals surface area contributed by atoms with E-state index in [9.17, 15) is 9.59 Å². The lowest BCUT2D eigenvalue weighted by atomic mass is 9.98. The first kappa shape index (κ1) is 18.0. The fourth-order valence-electron chi connectivity index (χ4n) is 3.29. The van der Waals surface area contributed by atoms with Crippen LogP contribution in [0.2, 0.25) is 0 Å². The van der Waals surface area contributed by atoms with Crippen molar-refractivity contribution in [3.05, 3.63) is 46.4 Å². The molecule has 1 amide bonds. The SMILES string of the molecule is Cc1cc(C)n(CC(=O)NC[C@H]2CCCN(c3ncccn3)C2)c(=O)n1. The monoisotopic (exact) mass is 356 g/mol. The van der Waals surface area contributed by atoms with E-state index < -0.39 is 0 Å². The molecule has 8 nitrogen and oxygen atoms in total. The van der Waals surface area contributed by atoms with Crippen molar-refractivity contribution in [2.24, 2.45) is 5.92 Å². The number of aryl methyl sites for hydroxylation is 2. The van der Waals surface area contributed by atoms with Crippen molar-refractivity contribution >= 4 is 11.9 Å². The van der Waals surface area contributed by atoms with Gasteiger partial charge in [-0.2, -0.15) is 4.98 Å². The molecule has 0 aromatic carbocycles. The number of amides is 1. The minimum atomic E-state index is -0.386. The number of anilines is 1. The number of rotatable bonds is 5. The molecular weight excluding hydrogens is 332 g/mol. The molecule has 2 aromatic rings. The van der Waals surface area contributed by atoms with Crippen molar-refractivity contribution in [1.29, 1.82) is 0 Å². The van der Waals surface area contributed by atoms with Gasteiger partial charge in [0.2, 0.25) is 11.9 Å². The van der Waals surface area contributed by atoms with Gasteiger partial charge in [0, 0.05) is 43.4 Å². The third kappa shape index (κ3) is 4.44. The van der Waals surface area contributed by atoms with Crippen LogP contribution in [-0.4, -0.2) is 45.1 Å². The van der Waals surface area contributed by atoms with Crippen molar-refractivity contribution in [2.75, 3.05) is 24.5 Å². The molecule has 2 aromatic heterocycles. The Morgan fingerprint density at radius 3 is 2.81 bits per heavy atom. The smallest absolute Gasteiger partial charge is 0.348 e. The van der Waals surface area contributed by atoms with E-state index in [2.05, 4.69) is 25.2 Å². The van der Waals surface area contributed by atoms with Crippen molar-refractivity contribution in [3.8, 4) is 0 Å². The second-order valence-electron chi connectivity index (χ2n) is 6.71. The second kappa shape index (κ2) is 8.07. The molecule has 1 N–H and O–H groups in total. The standard InChI is InChI=1S/C18H24N6O2/c1-13-9-14(2)24(18(26)22-13)12-16(25)21-10-15-5-3-8-23(11-15)17-19-6-4-7-20-17/h4,6-7,9,15H,3,5,8,10-12H2,1-2H3,(H,21,25)/t15-/m1/s1. The molecule has 138 valence electrons. The minimum Gasteiger partial charge on any atom is -0.354 e. The molecule has 0 radical (unpaired) electrons. The first-order chi connectivity index (χ1) is 12.5. The van der Waals surface area contributed by atoms with Gasteiger partial charge in [0.05, 0.1) is 0 Å². The van der Waals surface area contributed by atoms with Gasteiger partial charge in [-0.05, 0) is 44.7 Å². The van der Waals surface area contributed by atoms with E-state index in [0.29, 0.717) is 18.2 Å². The summed E-state index contributed by atoms with van der Waals surface area (Å²) < 4.78 is 1.40. The van der Waals surface area contributed by atoms with Crippen LogP contribution in [0.25, 0.3) is 0 Å². The maximum atomic E-state index is 12.3. The average molecular weight is 356 g/mol. The molecule has 1 saturated heterocycles. The summed E-state index contributed by atoms with van der Waals surface area (Å²) >= 11 is 0. The van der Waals surface area contributed by atoms with Gasteiger partial charge in [-0.1, -0.05) is 0 Å². The van der Waals surface area contributed by atoms with E-state index in [0.717, 1.165) is 37.6 Å². The Labute approximate surface area is 152 Å². The van der Waals surface area contributed by atoms with Crippen molar-refractivity contribution in [1.82, 2.24) is 24.8 Å². The minimum absolute atomic E-state index is 0.00379. The number of hydrogen-bond donors (Lipinski definition) is 1. The van der Waals surface area contributed by atoms with E-state index in [1.807, 2.05) is 6.92 Å².